The van der Waals surface area contributed by atoms with Crippen molar-refractivity contribution in [2.24, 2.45) is 0 Å². The number of aliphatic hydroxyl groups excluding tert-OH is 3. The van der Waals surface area contributed by atoms with E-state index in [4.69, 9.17) is 43.7 Å². The van der Waals surface area contributed by atoms with Crippen LogP contribution < -0.4 is 18.9 Å². The van der Waals surface area contributed by atoms with Crippen molar-refractivity contribution in [3.05, 3.63) is 276 Å². The van der Waals surface area contributed by atoms with E-state index in [9.17, 15) is 28.6 Å². The van der Waals surface area contributed by atoms with E-state index in [1.165, 1.54) is 43.9 Å². The molecule has 0 radical (unpaired) electrons. The summed E-state index contributed by atoms with van der Waals surface area (Å²) in [6.45, 7) is 13.2. The predicted molar refractivity (Wildman–Crippen MR) is 435 cm³/mol. The Labute approximate surface area is 650 Å². The third-order valence-electron chi connectivity index (χ3n) is 18.0. The summed E-state index contributed by atoms with van der Waals surface area (Å²) in [4.78, 5) is 22.0. The lowest BCUT2D eigenvalue weighted by Crippen LogP contribution is -2.02. The number of aliphatic hydroxyl groups is 3. The minimum absolute atomic E-state index is 0.160. The first-order valence-electron chi connectivity index (χ1n) is 38.9. The highest BCUT2D eigenvalue weighted by atomic mass is 19.1. The number of ether oxygens (including phenoxy) is 6. The van der Waals surface area contributed by atoms with E-state index < -0.39 is 0 Å². The van der Waals surface area contributed by atoms with Gasteiger partial charge in [-0.15, -0.1) is 0 Å². The molecule has 5 N–H and O–H groups in total. The highest BCUT2D eigenvalue weighted by Gasteiger charge is 2.13. The second kappa shape index (κ2) is 53.6. The topological polar surface area (TPSA) is 191 Å². The molecule has 13 nitrogen and oxygen atoms in total. The number of phenolic OH excluding ortho intramolecular Hbond substituents is 2. The van der Waals surface area contributed by atoms with E-state index in [-0.39, 0.29) is 54.1 Å². The maximum atomic E-state index is 15.1. The van der Waals surface area contributed by atoms with Gasteiger partial charge in [0.25, 0.3) is 0 Å². The molecular formula is C94H113F3O13. The lowest BCUT2D eigenvalue weighted by molar-refractivity contribution is -0.138. The van der Waals surface area contributed by atoms with Crippen molar-refractivity contribution in [1.29, 1.82) is 0 Å². The largest absolute Gasteiger partial charge is 0.508 e. The van der Waals surface area contributed by atoms with Crippen LogP contribution in [0.3, 0.4) is 0 Å². The van der Waals surface area contributed by atoms with E-state index in [1.54, 1.807) is 54.6 Å². The second-order valence-corrected chi connectivity index (χ2v) is 26.9. The van der Waals surface area contributed by atoms with Gasteiger partial charge in [-0.1, -0.05) is 168 Å². The van der Waals surface area contributed by atoms with Crippen molar-refractivity contribution >= 4 is 11.9 Å². The maximum absolute atomic E-state index is 15.1. The number of aromatic hydroxyl groups is 2. The normalized spacial score (nSPS) is 10.6. The SMILES string of the molecule is C=CC(=O)OCCCCCCOc1ccc(Cc2ccc(-c3ccc(OCCCCCCOC(=O)C=C)cc3)c(F)c2)cc1.CCCCCCCO.OCCCCCCOc1ccc(Cc2ccc(-c3ccc(OCCCCCCO)cc3)c(F)c2)cc1.Oc1ccc(Cc2ccc(-c3ccc(O)cc3)c(F)c2)cc1. The molecule has 588 valence electrons. The molecule has 0 unspecified atom stereocenters. The van der Waals surface area contributed by atoms with Gasteiger partial charge in [0.1, 0.15) is 51.9 Å². The van der Waals surface area contributed by atoms with Gasteiger partial charge >= 0.3 is 11.9 Å². The van der Waals surface area contributed by atoms with Crippen LogP contribution in [0.1, 0.15) is 175 Å². The van der Waals surface area contributed by atoms with Crippen LogP contribution in [-0.2, 0) is 38.3 Å². The minimum Gasteiger partial charge on any atom is -0.508 e. The zero-order valence-electron chi connectivity index (χ0n) is 64.1. The number of phenols is 2. The van der Waals surface area contributed by atoms with Gasteiger partial charge in [-0.2, -0.15) is 0 Å². The Balaban J connectivity index is 0.000000255. The Bertz CT molecular complexity index is 4010. The molecule has 0 fully saturated rings. The van der Waals surface area contributed by atoms with Crippen LogP contribution in [-0.4, -0.2) is 96.9 Å². The summed E-state index contributed by atoms with van der Waals surface area (Å²) in [7, 11) is 0. The first kappa shape index (κ1) is 88.8. The summed E-state index contributed by atoms with van der Waals surface area (Å²) in [5.74, 6) is 2.03. The summed E-state index contributed by atoms with van der Waals surface area (Å²) in [5, 5.41) is 44.5. The lowest BCUT2D eigenvalue weighted by atomic mass is 9.99. The highest BCUT2D eigenvalue weighted by molar-refractivity contribution is 5.81. The Morgan fingerprint density at radius 3 is 0.818 bits per heavy atom. The number of unbranched alkanes of at least 4 members (excludes halogenated alkanes) is 16. The van der Waals surface area contributed by atoms with Crippen molar-refractivity contribution in [3.8, 4) is 67.9 Å². The second-order valence-electron chi connectivity index (χ2n) is 26.9. The zero-order chi connectivity index (χ0) is 78.6. The van der Waals surface area contributed by atoms with Gasteiger partial charge in [0.15, 0.2) is 0 Å². The average Bonchev–Trinajstić information content (AvgIpc) is 0.840. The van der Waals surface area contributed by atoms with Crippen LogP contribution in [0.15, 0.2) is 226 Å². The van der Waals surface area contributed by atoms with Gasteiger partial charge in [-0.05, 0) is 257 Å². The Hall–Kier alpha value is -10.1. The standard InChI is InChI=1S/C37H43FO6.C31H39FO4.C19H15FO2.C7H16O/c1-3-36(39)43-25-11-7-5-9-23-41-32-18-13-29(14-19-32)27-30-15-22-34(35(38)28-30)31-16-20-33(21-17-31)42-24-10-6-8-12-26-44-37(40)4-2;32-31-24-26(23-25-9-14-28(15-10-25)35-21-7-3-1-5-19-33)11-18-30(31)27-12-16-29(17-13-27)36-22-8-4-2-6-20-34;20-19-12-14(11-13-1-6-16(21)7-2-13)3-10-18(19)15-4-8-17(22)9-5-15;1-2-3-4-5-6-7-8/h3-4,13-22,28H,1-2,5-12,23-27H2;9-18,24,33-34H,1-8,19-23H2;1-10,12,21-22H,11H2;8H,2-7H2,1H3. The number of carbonyl (C=O) groups excluding carboxylic acids is 2. The molecule has 0 saturated heterocycles. The fourth-order valence-electron chi connectivity index (χ4n) is 11.7. The molecule has 0 aromatic heterocycles. The molecule has 0 aliphatic carbocycles. The average molecular weight is 1510 g/mol. The minimum atomic E-state index is -0.385. The summed E-state index contributed by atoms with van der Waals surface area (Å²) in [6.07, 6.45) is 25.5. The van der Waals surface area contributed by atoms with E-state index in [0.717, 1.165) is 182 Å². The predicted octanol–water partition coefficient (Wildman–Crippen LogP) is 21.8. The van der Waals surface area contributed by atoms with Gasteiger partial charge < -0.3 is 54.0 Å². The van der Waals surface area contributed by atoms with Crippen LogP contribution in [0, 0.1) is 17.5 Å². The maximum Gasteiger partial charge on any atom is 0.330 e. The Morgan fingerprint density at radius 2 is 0.545 bits per heavy atom. The molecule has 9 rings (SSSR count). The smallest absolute Gasteiger partial charge is 0.330 e. The Morgan fingerprint density at radius 1 is 0.309 bits per heavy atom. The molecule has 0 amide bonds. The molecule has 0 saturated carbocycles. The van der Waals surface area contributed by atoms with Gasteiger partial charge in [-0.3, -0.25) is 0 Å². The van der Waals surface area contributed by atoms with Crippen molar-refractivity contribution in [3.63, 3.8) is 0 Å². The quantitative estimate of drug-likeness (QED) is 0.0138. The van der Waals surface area contributed by atoms with E-state index in [2.05, 4.69) is 20.1 Å². The number of hydrogen-bond donors (Lipinski definition) is 5. The number of benzene rings is 9. The number of halogens is 3. The molecule has 0 spiro atoms. The molecule has 0 aliphatic rings. The molecule has 0 bridgehead atoms. The fraction of sp³-hybridized carbons (Fsp3) is 0.362. The third-order valence-corrected chi connectivity index (χ3v) is 18.0. The van der Waals surface area contributed by atoms with Crippen LogP contribution in [0.2, 0.25) is 0 Å². The summed E-state index contributed by atoms with van der Waals surface area (Å²) in [6, 6.07) is 60.3. The van der Waals surface area contributed by atoms with Crippen LogP contribution in [0.4, 0.5) is 13.2 Å². The van der Waals surface area contributed by atoms with Gasteiger partial charge in [0.05, 0.1) is 39.6 Å². The lowest BCUT2D eigenvalue weighted by Gasteiger charge is -2.10. The van der Waals surface area contributed by atoms with Crippen molar-refractivity contribution in [1.82, 2.24) is 0 Å². The summed E-state index contributed by atoms with van der Waals surface area (Å²) < 4.78 is 77.4. The summed E-state index contributed by atoms with van der Waals surface area (Å²) >= 11 is 0. The molecular weight excluding hydrogens is 1390 g/mol. The van der Waals surface area contributed by atoms with Gasteiger partial charge in [0, 0.05) is 48.7 Å². The molecule has 9 aromatic carbocycles. The van der Waals surface area contributed by atoms with Crippen LogP contribution >= 0.6 is 0 Å². The van der Waals surface area contributed by atoms with E-state index >= 15 is 4.39 Å². The molecule has 9 aromatic rings. The summed E-state index contributed by atoms with van der Waals surface area (Å²) in [5.41, 5.74) is 9.89. The van der Waals surface area contributed by atoms with E-state index in [0.29, 0.717) is 82.2 Å². The fourth-order valence-corrected chi connectivity index (χ4v) is 11.7. The molecule has 0 heterocycles. The number of carbonyl (C=O) groups is 2. The molecule has 0 aliphatic heterocycles. The number of rotatable bonds is 46. The van der Waals surface area contributed by atoms with Crippen LogP contribution in [0.5, 0.6) is 34.5 Å². The molecule has 0 atom stereocenters. The van der Waals surface area contributed by atoms with Crippen molar-refractivity contribution in [2.75, 3.05) is 59.5 Å². The number of hydrogen-bond acceptors (Lipinski definition) is 13. The first-order chi connectivity index (χ1) is 53.7. The zero-order valence-corrected chi connectivity index (χ0v) is 64.1. The third kappa shape index (κ3) is 35.9. The molecule has 110 heavy (non-hydrogen) atoms. The van der Waals surface area contributed by atoms with Crippen LogP contribution in [0.25, 0.3) is 33.4 Å². The Kier molecular flexibility index (Phi) is 43.3. The monoisotopic (exact) mass is 1510 g/mol. The van der Waals surface area contributed by atoms with Gasteiger partial charge in [0.2, 0.25) is 0 Å². The van der Waals surface area contributed by atoms with Gasteiger partial charge in [-0.25, -0.2) is 22.8 Å². The van der Waals surface area contributed by atoms with Crippen molar-refractivity contribution < 1.29 is 76.7 Å². The highest BCUT2D eigenvalue weighted by Crippen LogP contribution is 2.31. The molecule has 16 heteroatoms. The number of esters is 2. The van der Waals surface area contributed by atoms with E-state index in [1.807, 2.05) is 140 Å². The first-order valence-corrected chi connectivity index (χ1v) is 38.9. The van der Waals surface area contributed by atoms with Crippen molar-refractivity contribution in [2.45, 2.75) is 161 Å².